The fourth-order valence-electron chi connectivity index (χ4n) is 2.76. The molecule has 0 radical (unpaired) electrons. The van der Waals surface area contributed by atoms with Crippen LogP contribution in [0, 0.1) is 0 Å². The first kappa shape index (κ1) is 15.9. The number of hydrogen-bond acceptors (Lipinski definition) is 2. The molecule has 1 fully saturated rings. The average Bonchev–Trinajstić information content (AvgIpc) is 2.41. The van der Waals surface area contributed by atoms with Gasteiger partial charge in [0.05, 0.1) is 6.67 Å². The lowest BCUT2D eigenvalue weighted by molar-refractivity contribution is -0.163. The van der Waals surface area contributed by atoms with Gasteiger partial charge in [-0.15, -0.1) is 0 Å². The molecule has 0 aromatic carbocycles. The average molecular weight is 272 g/mol. The van der Waals surface area contributed by atoms with Crippen LogP contribution in [0.4, 0.5) is 4.39 Å². The number of nitrogens with zero attached hydrogens (tertiary/aromatic N) is 1. The van der Waals surface area contributed by atoms with Crippen LogP contribution in [0.3, 0.4) is 0 Å². The molecule has 4 nitrogen and oxygen atoms in total. The lowest BCUT2D eigenvalue weighted by atomic mass is 9.81. The molecule has 1 atom stereocenters. The topological polar surface area (TPSA) is 49.4 Å². The van der Waals surface area contributed by atoms with E-state index in [2.05, 4.69) is 5.32 Å². The van der Waals surface area contributed by atoms with Crippen LogP contribution < -0.4 is 5.32 Å². The highest BCUT2D eigenvalue weighted by atomic mass is 19.1. The predicted molar refractivity (Wildman–Crippen MR) is 72.5 cm³/mol. The maximum Gasteiger partial charge on any atom is 0.248 e. The molecule has 110 valence electrons. The Morgan fingerprint density at radius 3 is 2.16 bits per heavy atom. The first-order chi connectivity index (χ1) is 8.91. The minimum Gasteiger partial charge on any atom is -0.340 e. The minimum atomic E-state index is -0.860. The van der Waals surface area contributed by atoms with E-state index in [1.807, 2.05) is 20.8 Å². The molecule has 0 saturated carbocycles. The van der Waals surface area contributed by atoms with Gasteiger partial charge in [0.15, 0.2) is 0 Å². The maximum absolute atomic E-state index is 12.7. The van der Waals surface area contributed by atoms with Crippen molar-refractivity contribution in [2.75, 3.05) is 13.2 Å². The van der Waals surface area contributed by atoms with Crippen LogP contribution in [0.15, 0.2) is 0 Å². The van der Waals surface area contributed by atoms with Crippen LogP contribution in [-0.2, 0) is 9.59 Å². The molecular weight excluding hydrogens is 247 g/mol. The van der Waals surface area contributed by atoms with Crippen LogP contribution in [0.2, 0.25) is 0 Å². The first-order valence-electron chi connectivity index (χ1n) is 7.12. The van der Waals surface area contributed by atoms with Crippen LogP contribution in [-0.4, -0.2) is 41.0 Å². The summed E-state index contributed by atoms with van der Waals surface area (Å²) >= 11 is 0. The van der Waals surface area contributed by atoms with Crippen molar-refractivity contribution in [2.45, 2.75) is 64.5 Å². The number of alkyl halides is 1. The summed E-state index contributed by atoms with van der Waals surface area (Å²) in [4.78, 5) is 26.7. The van der Waals surface area contributed by atoms with Gasteiger partial charge in [0.25, 0.3) is 0 Å². The number of piperazine rings is 1. The number of nitrogens with one attached hydrogen (secondary N) is 1. The van der Waals surface area contributed by atoms with Crippen molar-refractivity contribution in [2.24, 2.45) is 0 Å². The van der Waals surface area contributed by atoms with Gasteiger partial charge in [0.1, 0.15) is 11.1 Å². The van der Waals surface area contributed by atoms with Crippen molar-refractivity contribution < 1.29 is 14.0 Å². The van der Waals surface area contributed by atoms with Crippen LogP contribution in [0.25, 0.3) is 0 Å². The highest BCUT2D eigenvalue weighted by Crippen LogP contribution is 2.33. The Morgan fingerprint density at radius 2 is 1.74 bits per heavy atom. The molecule has 1 N–H and O–H groups in total. The van der Waals surface area contributed by atoms with E-state index in [1.165, 1.54) is 0 Å². The third-order valence-electron chi connectivity index (χ3n) is 4.44. The van der Waals surface area contributed by atoms with Gasteiger partial charge in [-0.1, -0.05) is 20.8 Å². The molecule has 1 aliphatic rings. The van der Waals surface area contributed by atoms with E-state index >= 15 is 0 Å². The Hall–Kier alpha value is -1.13. The monoisotopic (exact) mass is 272 g/mol. The van der Waals surface area contributed by atoms with E-state index in [9.17, 15) is 14.0 Å². The summed E-state index contributed by atoms with van der Waals surface area (Å²) in [5, 5.41) is 2.87. The molecule has 5 heteroatoms. The SMILES string of the molecule is CCC1(C)NC(=O)C(CC)(CC)N(CCCF)C1=O. The molecule has 2 amide bonds. The molecule has 0 aromatic heterocycles. The van der Waals surface area contributed by atoms with Crippen molar-refractivity contribution in [3.63, 3.8) is 0 Å². The molecule has 19 heavy (non-hydrogen) atoms. The molecular formula is C14H25FN2O2. The summed E-state index contributed by atoms with van der Waals surface area (Å²) < 4.78 is 12.5. The van der Waals surface area contributed by atoms with Gasteiger partial charge in [-0.05, 0) is 32.6 Å². The van der Waals surface area contributed by atoms with Gasteiger partial charge in [-0.2, -0.15) is 0 Å². The molecule has 1 aliphatic heterocycles. The van der Waals surface area contributed by atoms with Gasteiger partial charge in [-0.25, -0.2) is 0 Å². The highest BCUT2D eigenvalue weighted by molar-refractivity contribution is 6.02. The van der Waals surface area contributed by atoms with Crippen molar-refractivity contribution in [3.05, 3.63) is 0 Å². The van der Waals surface area contributed by atoms with Crippen LogP contribution >= 0.6 is 0 Å². The molecule has 1 saturated heterocycles. The Morgan fingerprint density at radius 1 is 1.16 bits per heavy atom. The molecule has 0 spiro atoms. The second-order valence-corrected chi connectivity index (χ2v) is 5.38. The highest BCUT2D eigenvalue weighted by Gasteiger charge is 2.54. The van der Waals surface area contributed by atoms with E-state index in [1.54, 1.807) is 11.8 Å². The zero-order chi connectivity index (χ0) is 14.7. The molecule has 0 aliphatic carbocycles. The quantitative estimate of drug-likeness (QED) is 0.804. The summed E-state index contributed by atoms with van der Waals surface area (Å²) in [6, 6.07) is 0. The molecule has 0 aromatic rings. The van der Waals surface area contributed by atoms with Gasteiger partial charge in [0.2, 0.25) is 11.8 Å². The Bertz CT molecular complexity index is 355. The van der Waals surface area contributed by atoms with Crippen LogP contribution in [0.5, 0.6) is 0 Å². The Kier molecular flexibility index (Phi) is 4.93. The van der Waals surface area contributed by atoms with Crippen molar-refractivity contribution in [1.82, 2.24) is 10.2 Å². The molecule has 1 heterocycles. The van der Waals surface area contributed by atoms with E-state index in [-0.39, 0.29) is 18.2 Å². The Labute approximate surface area is 114 Å². The summed E-state index contributed by atoms with van der Waals surface area (Å²) in [7, 11) is 0. The largest absolute Gasteiger partial charge is 0.340 e. The fourth-order valence-corrected chi connectivity index (χ4v) is 2.76. The Balaban J connectivity index is 3.18. The number of carbonyl (C=O) groups excluding carboxylic acids is 2. The number of hydrogen-bond donors (Lipinski definition) is 1. The van der Waals surface area contributed by atoms with Crippen LogP contribution in [0.1, 0.15) is 53.4 Å². The summed E-state index contributed by atoms with van der Waals surface area (Å²) in [5.74, 6) is -0.202. The second-order valence-electron chi connectivity index (χ2n) is 5.38. The second kappa shape index (κ2) is 5.88. The van der Waals surface area contributed by atoms with Gasteiger partial charge in [0, 0.05) is 6.54 Å². The predicted octanol–water partition coefficient (Wildman–Crippen LogP) is 2.03. The number of carbonyl (C=O) groups is 2. The number of amides is 2. The third kappa shape index (κ3) is 2.47. The van der Waals surface area contributed by atoms with Gasteiger partial charge >= 0.3 is 0 Å². The summed E-state index contributed by atoms with van der Waals surface area (Å²) in [6.45, 7) is 7.24. The minimum absolute atomic E-state index is 0.0910. The molecule has 1 unspecified atom stereocenters. The first-order valence-corrected chi connectivity index (χ1v) is 7.12. The zero-order valence-corrected chi connectivity index (χ0v) is 12.4. The van der Waals surface area contributed by atoms with Gasteiger partial charge < -0.3 is 10.2 Å². The lowest BCUT2D eigenvalue weighted by Crippen LogP contribution is -2.74. The zero-order valence-electron chi connectivity index (χ0n) is 12.4. The standard InChI is InChI=1S/C14H25FN2O2/c1-5-13(4)12(19)17(10-8-9-15)14(6-2,7-3)11(18)16-13/h5-10H2,1-4H3,(H,16,18). The molecule has 1 rings (SSSR count). The normalized spacial score (nSPS) is 26.5. The van der Waals surface area contributed by atoms with Crippen molar-refractivity contribution in [1.29, 1.82) is 0 Å². The van der Waals surface area contributed by atoms with E-state index in [0.717, 1.165) is 0 Å². The van der Waals surface area contributed by atoms with Gasteiger partial charge in [-0.3, -0.25) is 14.0 Å². The smallest absolute Gasteiger partial charge is 0.248 e. The van der Waals surface area contributed by atoms with E-state index in [4.69, 9.17) is 0 Å². The third-order valence-corrected chi connectivity index (χ3v) is 4.44. The fraction of sp³-hybridized carbons (Fsp3) is 0.857. The lowest BCUT2D eigenvalue weighted by Gasteiger charge is -2.51. The van der Waals surface area contributed by atoms with Crippen molar-refractivity contribution >= 4 is 11.8 Å². The number of rotatable bonds is 6. The van der Waals surface area contributed by atoms with E-state index in [0.29, 0.717) is 25.8 Å². The summed E-state index contributed by atoms with van der Waals surface area (Å²) in [6.07, 6.45) is 1.91. The van der Waals surface area contributed by atoms with E-state index < -0.39 is 17.8 Å². The maximum atomic E-state index is 12.7. The summed E-state index contributed by atoms with van der Waals surface area (Å²) in [5.41, 5.74) is -1.68. The number of halogens is 1. The van der Waals surface area contributed by atoms with Crippen molar-refractivity contribution in [3.8, 4) is 0 Å². The molecule has 0 bridgehead atoms.